The van der Waals surface area contributed by atoms with E-state index in [-0.39, 0.29) is 6.04 Å². The van der Waals surface area contributed by atoms with Crippen molar-refractivity contribution in [1.29, 1.82) is 0 Å². The smallest absolute Gasteiger partial charge is 0.195 e. The molecule has 0 saturated carbocycles. The van der Waals surface area contributed by atoms with Crippen molar-refractivity contribution in [1.82, 2.24) is 10.2 Å². The van der Waals surface area contributed by atoms with Crippen molar-refractivity contribution in [2.45, 2.75) is 32.2 Å². The predicted molar refractivity (Wildman–Crippen MR) is 114 cm³/mol. The number of fused-ring (bicyclic) bond motifs is 1. The van der Waals surface area contributed by atoms with E-state index < -0.39 is 0 Å². The van der Waals surface area contributed by atoms with Gasteiger partial charge in [-0.2, -0.15) is 0 Å². The predicted octanol–water partition coefficient (Wildman–Crippen LogP) is 3.66. The second-order valence-corrected chi connectivity index (χ2v) is 7.33. The molecule has 2 aliphatic heterocycles. The number of likely N-dealkylation sites (tertiary alicyclic amines) is 1. The van der Waals surface area contributed by atoms with Crippen LogP contribution in [0.5, 0.6) is 11.5 Å². The monoisotopic (exact) mass is 398 g/mol. The van der Waals surface area contributed by atoms with Gasteiger partial charge < -0.3 is 24.5 Å². The number of guanidine groups is 1. The Balaban J connectivity index is 1.49. The first-order valence-corrected chi connectivity index (χ1v) is 10.6. The number of anilines is 1. The minimum Gasteiger partial charge on any atom is -0.490 e. The quantitative estimate of drug-likeness (QED) is 0.572. The zero-order valence-corrected chi connectivity index (χ0v) is 17.0. The van der Waals surface area contributed by atoms with Crippen molar-refractivity contribution < 1.29 is 13.9 Å². The fraction of sp³-hybridized carbons (Fsp3) is 0.500. The highest BCUT2D eigenvalue weighted by Crippen LogP contribution is 2.32. The Morgan fingerprint density at radius 2 is 1.93 bits per heavy atom. The minimum atomic E-state index is 0.159. The first kappa shape index (κ1) is 19.6. The van der Waals surface area contributed by atoms with Gasteiger partial charge in [-0.3, -0.25) is 9.89 Å². The van der Waals surface area contributed by atoms with Crippen LogP contribution in [-0.2, 0) is 0 Å². The fourth-order valence-electron chi connectivity index (χ4n) is 3.78. The van der Waals surface area contributed by atoms with E-state index in [1.54, 1.807) is 6.26 Å². The Hall–Kier alpha value is -2.67. The lowest BCUT2D eigenvalue weighted by atomic mass is 10.2. The summed E-state index contributed by atoms with van der Waals surface area (Å²) in [5.41, 5.74) is 0.921. The minimum absolute atomic E-state index is 0.159. The Morgan fingerprint density at radius 3 is 2.69 bits per heavy atom. The molecular formula is C22H30N4O3. The second-order valence-electron chi connectivity index (χ2n) is 7.33. The molecule has 2 aliphatic rings. The van der Waals surface area contributed by atoms with Gasteiger partial charge >= 0.3 is 0 Å². The molecule has 3 heterocycles. The average Bonchev–Trinajstić information content (AvgIpc) is 3.40. The molecule has 1 unspecified atom stereocenters. The van der Waals surface area contributed by atoms with Crippen molar-refractivity contribution in [2.24, 2.45) is 4.99 Å². The average molecular weight is 399 g/mol. The molecule has 0 bridgehead atoms. The van der Waals surface area contributed by atoms with E-state index >= 15 is 0 Å². The maximum Gasteiger partial charge on any atom is 0.195 e. The van der Waals surface area contributed by atoms with Crippen molar-refractivity contribution in [3.05, 3.63) is 42.4 Å². The summed E-state index contributed by atoms with van der Waals surface area (Å²) in [6.07, 6.45) is 5.10. The van der Waals surface area contributed by atoms with Gasteiger partial charge in [0.1, 0.15) is 5.76 Å². The molecule has 0 aliphatic carbocycles. The van der Waals surface area contributed by atoms with Crippen molar-refractivity contribution in [3.63, 3.8) is 0 Å². The summed E-state index contributed by atoms with van der Waals surface area (Å²) in [5, 5.41) is 6.73. The summed E-state index contributed by atoms with van der Waals surface area (Å²) in [7, 11) is 0. The number of benzene rings is 1. The standard InChI is InChI=1S/C22H30N4O3/c1-2-23-22(25-17-8-9-20-21(15-17)29-14-6-13-28-20)24-16-18(19-7-5-12-27-19)26-10-3-4-11-26/h5,7-9,12,15,18H,2-4,6,10-11,13-14,16H2,1H3,(H2,23,24,25). The molecule has 4 rings (SSSR count). The first-order valence-electron chi connectivity index (χ1n) is 10.6. The van der Waals surface area contributed by atoms with Crippen LogP contribution in [-0.4, -0.2) is 50.3 Å². The van der Waals surface area contributed by atoms with Gasteiger partial charge in [0.2, 0.25) is 0 Å². The van der Waals surface area contributed by atoms with Crippen LogP contribution in [0.15, 0.2) is 46.0 Å². The molecule has 2 aromatic rings. The topological polar surface area (TPSA) is 71.3 Å². The summed E-state index contributed by atoms with van der Waals surface area (Å²) in [4.78, 5) is 7.32. The summed E-state index contributed by atoms with van der Waals surface area (Å²) < 4.78 is 17.2. The van der Waals surface area contributed by atoms with Gasteiger partial charge in [-0.15, -0.1) is 0 Å². The highest BCUT2D eigenvalue weighted by atomic mass is 16.5. The third kappa shape index (κ3) is 5.03. The van der Waals surface area contributed by atoms with E-state index in [1.165, 1.54) is 12.8 Å². The Kier molecular flexibility index (Phi) is 6.56. The molecule has 7 heteroatoms. The summed E-state index contributed by atoms with van der Waals surface area (Å²) in [6, 6.07) is 10.1. The van der Waals surface area contributed by atoms with Crippen LogP contribution in [0.3, 0.4) is 0 Å². The fourth-order valence-corrected chi connectivity index (χ4v) is 3.78. The van der Waals surface area contributed by atoms with E-state index in [2.05, 4.69) is 22.5 Å². The van der Waals surface area contributed by atoms with Crippen LogP contribution in [0.4, 0.5) is 5.69 Å². The molecule has 29 heavy (non-hydrogen) atoms. The van der Waals surface area contributed by atoms with Crippen LogP contribution < -0.4 is 20.1 Å². The van der Waals surface area contributed by atoms with Gasteiger partial charge in [0, 0.05) is 24.7 Å². The van der Waals surface area contributed by atoms with Gasteiger partial charge in [0.15, 0.2) is 17.5 Å². The number of furan rings is 1. The Bertz CT molecular complexity index is 800. The lowest BCUT2D eigenvalue weighted by Crippen LogP contribution is -2.33. The maximum absolute atomic E-state index is 5.80. The molecule has 1 atom stereocenters. The summed E-state index contributed by atoms with van der Waals surface area (Å²) in [5.74, 6) is 3.29. The molecule has 1 fully saturated rings. The molecule has 1 aromatic heterocycles. The lowest BCUT2D eigenvalue weighted by molar-refractivity contribution is 0.221. The number of aliphatic imine (C=N–C) groups is 1. The van der Waals surface area contributed by atoms with Crippen molar-refractivity contribution in [3.8, 4) is 11.5 Å². The number of ether oxygens (including phenoxy) is 2. The summed E-state index contributed by atoms with van der Waals surface area (Å²) >= 11 is 0. The van der Waals surface area contributed by atoms with Gasteiger partial charge in [0.05, 0.1) is 32.1 Å². The van der Waals surface area contributed by atoms with Crippen LogP contribution in [0.2, 0.25) is 0 Å². The van der Waals surface area contributed by atoms with Crippen LogP contribution in [0.1, 0.15) is 38.0 Å². The Labute approximate surface area is 172 Å². The Morgan fingerprint density at radius 1 is 1.10 bits per heavy atom. The third-order valence-electron chi connectivity index (χ3n) is 5.23. The third-order valence-corrected chi connectivity index (χ3v) is 5.23. The van der Waals surface area contributed by atoms with Crippen LogP contribution >= 0.6 is 0 Å². The number of hydrogen-bond donors (Lipinski definition) is 2. The largest absolute Gasteiger partial charge is 0.490 e. The van der Waals surface area contributed by atoms with Crippen molar-refractivity contribution in [2.75, 3.05) is 44.7 Å². The maximum atomic E-state index is 5.80. The zero-order chi connectivity index (χ0) is 19.9. The van der Waals surface area contributed by atoms with E-state index in [9.17, 15) is 0 Å². The van der Waals surface area contributed by atoms with E-state index in [0.717, 1.165) is 55.0 Å². The number of hydrogen-bond acceptors (Lipinski definition) is 5. The summed E-state index contributed by atoms with van der Waals surface area (Å²) in [6.45, 7) is 7.02. The molecule has 0 radical (unpaired) electrons. The first-order chi connectivity index (χ1) is 14.3. The number of nitrogens with one attached hydrogen (secondary N) is 2. The molecule has 1 aromatic carbocycles. The molecule has 0 spiro atoms. The van der Waals surface area contributed by atoms with Crippen LogP contribution in [0.25, 0.3) is 0 Å². The van der Waals surface area contributed by atoms with Gasteiger partial charge in [-0.25, -0.2) is 0 Å². The van der Waals surface area contributed by atoms with E-state index in [1.807, 2.05) is 30.3 Å². The number of rotatable bonds is 6. The molecule has 7 nitrogen and oxygen atoms in total. The highest BCUT2D eigenvalue weighted by Gasteiger charge is 2.25. The normalized spacial score (nSPS) is 18.3. The van der Waals surface area contributed by atoms with E-state index in [4.69, 9.17) is 18.9 Å². The SMILES string of the molecule is CCNC(=NCC(c1ccco1)N1CCCC1)Nc1ccc2c(c1)OCCCO2. The van der Waals surface area contributed by atoms with Gasteiger partial charge in [0.25, 0.3) is 0 Å². The molecule has 1 saturated heterocycles. The highest BCUT2D eigenvalue weighted by molar-refractivity contribution is 5.94. The lowest BCUT2D eigenvalue weighted by Gasteiger charge is -2.24. The van der Waals surface area contributed by atoms with Crippen LogP contribution in [0, 0.1) is 0 Å². The molecule has 0 amide bonds. The molecular weight excluding hydrogens is 368 g/mol. The molecule has 2 N–H and O–H groups in total. The molecule has 156 valence electrons. The van der Waals surface area contributed by atoms with Gasteiger partial charge in [-0.05, 0) is 57.1 Å². The number of nitrogens with zero attached hydrogens (tertiary/aromatic N) is 2. The zero-order valence-electron chi connectivity index (χ0n) is 17.0. The van der Waals surface area contributed by atoms with Gasteiger partial charge in [-0.1, -0.05) is 0 Å². The van der Waals surface area contributed by atoms with E-state index in [0.29, 0.717) is 19.8 Å². The second kappa shape index (κ2) is 9.69. The van der Waals surface area contributed by atoms with Crippen molar-refractivity contribution >= 4 is 11.6 Å².